The first-order valence-corrected chi connectivity index (χ1v) is 6.62. The van der Waals surface area contributed by atoms with Crippen LogP contribution >= 0.6 is 0 Å². The molecule has 3 rings (SSSR count). The van der Waals surface area contributed by atoms with E-state index in [0.29, 0.717) is 36.4 Å². The van der Waals surface area contributed by atoms with E-state index in [1.165, 1.54) is 6.07 Å². The maximum Gasteiger partial charge on any atom is 0.417 e. The minimum absolute atomic E-state index is 0.383. The highest BCUT2D eigenvalue weighted by Gasteiger charge is 2.31. The third kappa shape index (κ3) is 3.50. The monoisotopic (exact) mass is 298 g/mol. The summed E-state index contributed by atoms with van der Waals surface area (Å²) in [6.07, 6.45) is -0.846. The van der Waals surface area contributed by atoms with Gasteiger partial charge in [0.1, 0.15) is 5.82 Å². The molecule has 0 amide bonds. The lowest BCUT2D eigenvalue weighted by molar-refractivity contribution is -0.137. The van der Waals surface area contributed by atoms with Crippen LogP contribution in [0.25, 0.3) is 0 Å². The summed E-state index contributed by atoms with van der Waals surface area (Å²) in [6.45, 7) is 0.474. The number of nitrogens with one attached hydrogen (secondary N) is 1. The number of alkyl halides is 3. The molecule has 0 aliphatic heterocycles. The summed E-state index contributed by atoms with van der Waals surface area (Å²) in [5, 5.41) is 6.79. The molecule has 2 heterocycles. The van der Waals surface area contributed by atoms with E-state index in [0.717, 1.165) is 25.1 Å². The Labute approximate surface area is 118 Å². The van der Waals surface area contributed by atoms with Gasteiger partial charge in [-0.05, 0) is 25.0 Å². The molecule has 2 aromatic heterocycles. The van der Waals surface area contributed by atoms with E-state index in [2.05, 4.69) is 20.4 Å². The normalized spacial score (nSPS) is 15.2. The molecule has 0 spiro atoms. The van der Waals surface area contributed by atoms with Gasteiger partial charge < -0.3 is 9.84 Å². The number of nitrogens with zero attached hydrogens (tertiary/aromatic N) is 3. The number of halogens is 3. The van der Waals surface area contributed by atoms with Crippen molar-refractivity contribution in [2.75, 3.05) is 11.9 Å². The third-order valence-electron chi connectivity index (χ3n) is 3.16. The average Bonchev–Trinajstić information content (AvgIpc) is 3.19. The quantitative estimate of drug-likeness (QED) is 0.919. The standard InChI is InChI=1S/C13H13F3N4O/c14-13(15,16)9-3-4-10(18-7-9)17-6-5-11-19-12(21-20-11)8-1-2-8/h3-4,7-8H,1-2,5-6H2,(H,17,18). The van der Waals surface area contributed by atoms with Crippen LogP contribution in [0.4, 0.5) is 19.0 Å². The van der Waals surface area contributed by atoms with Crippen LogP contribution in [0.15, 0.2) is 22.9 Å². The van der Waals surface area contributed by atoms with E-state index in [9.17, 15) is 13.2 Å². The fraction of sp³-hybridized carbons (Fsp3) is 0.462. The molecule has 0 radical (unpaired) electrons. The fourth-order valence-corrected chi connectivity index (χ4v) is 1.83. The largest absolute Gasteiger partial charge is 0.417 e. The van der Waals surface area contributed by atoms with Gasteiger partial charge in [-0.15, -0.1) is 0 Å². The fourth-order valence-electron chi connectivity index (χ4n) is 1.83. The molecule has 21 heavy (non-hydrogen) atoms. The zero-order chi connectivity index (χ0) is 14.9. The van der Waals surface area contributed by atoms with Crippen molar-refractivity contribution in [1.29, 1.82) is 0 Å². The Kier molecular flexibility index (Phi) is 3.52. The predicted molar refractivity (Wildman–Crippen MR) is 67.7 cm³/mol. The van der Waals surface area contributed by atoms with Crippen LogP contribution in [-0.4, -0.2) is 21.7 Å². The van der Waals surface area contributed by atoms with Gasteiger partial charge >= 0.3 is 6.18 Å². The van der Waals surface area contributed by atoms with Gasteiger partial charge in [0, 0.05) is 25.1 Å². The molecule has 0 unspecified atom stereocenters. The van der Waals surface area contributed by atoms with Crippen LogP contribution in [0.2, 0.25) is 0 Å². The van der Waals surface area contributed by atoms with Gasteiger partial charge in [-0.3, -0.25) is 0 Å². The van der Waals surface area contributed by atoms with Crippen LogP contribution in [-0.2, 0) is 12.6 Å². The van der Waals surface area contributed by atoms with Gasteiger partial charge in [0.05, 0.1) is 5.56 Å². The minimum atomic E-state index is -4.37. The summed E-state index contributed by atoms with van der Waals surface area (Å²) in [4.78, 5) is 7.99. The van der Waals surface area contributed by atoms with Gasteiger partial charge in [0.25, 0.3) is 0 Å². The Morgan fingerprint density at radius 1 is 1.29 bits per heavy atom. The summed E-state index contributed by atoms with van der Waals surface area (Å²) in [6, 6.07) is 2.30. The molecule has 0 bridgehead atoms. The Hall–Kier alpha value is -2.12. The lowest BCUT2D eigenvalue weighted by atomic mass is 10.3. The lowest BCUT2D eigenvalue weighted by Crippen LogP contribution is -2.09. The first-order chi connectivity index (χ1) is 10.0. The van der Waals surface area contributed by atoms with Crippen molar-refractivity contribution < 1.29 is 17.7 Å². The van der Waals surface area contributed by atoms with Gasteiger partial charge in [-0.1, -0.05) is 5.16 Å². The zero-order valence-electron chi connectivity index (χ0n) is 11.0. The average molecular weight is 298 g/mol. The molecular formula is C13H13F3N4O. The highest BCUT2D eigenvalue weighted by atomic mass is 19.4. The summed E-state index contributed by atoms with van der Waals surface area (Å²) < 4.78 is 42.2. The van der Waals surface area contributed by atoms with Gasteiger partial charge in [-0.2, -0.15) is 18.2 Å². The first-order valence-electron chi connectivity index (χ1n) is 6.62. The molecule has 1 N–H and O–H groups in total. The highest BCUT2D eigenvalue weighted by molar-refractivity contribution is 5.36. The predicted octanol–water partition coefficient (Wildman–Crippen LogP) is 3.02. The number of rotatable bonds is 5. The molecule has 0 aromatic carbocycles. The Morgan fingerprint density at radius 2 is 2.10 bits per heavy atom. The molecule has 112 valence electrons. The van der Waals surface area contributed by atoms with Crippen LogP contribution in [0.5, 0.6) is 0 Å². The topological polar surface area (TPSA) is 63.8 Å². The maximum absolute atomic E-state index is 12.4. The molecular weight excluding hydrogens is 285 g/mol. The Balaban J connectivity index is 1.50. The Morgan fingerprint density at radius 3 is 2.71 bits per heavy atom. The van der Waals surface area contributed by atoms with E-state index in [1.54, 1.807) is 0 Å². The SMILES string of the molecule is FC(F)(F)c1ccc(NCCc2noc(C3CC3)n2)nc1. The van der Waals surface area contributed by atoms with E-state index < -0.39 is 11.7 Å². The second kappa shape index (κ2) is 5.34. The second-order valence-corrected chi connectivity index (χ2v) is 4.93. The van der Waals surface area contributed by atoms with Crippen molar-refractivity contribution in [3.05, 3.63) is 35.6 Å². The zero-order valence-corrected chi connectivity index (χ0v) is 11.0. The van der Waals surface area contributed by atoms with Gasteiger partial charge in [-0.25, -0.2) is 4.98 Å². The first kappa shape index (κ1) is 13.8. The third-order valence-corrected chi connectivity index (χ3v) is 3.16. The Bertz CT molecular complexity index is 605. The summed E-state index contributed by atoms with van der Waals surface area (Å²) in [5.74, 6) is 2.07. The van der Waals surface area contributed by atoms with Crippen molar-refractivity contribution in [1.82, 2.24) is 15.1 Å². The maximum atomic E-state index is 12.4. The number of anilines is 1. The van der Waals surface area contributed by atoms with Crippen molar-refractivity contribution in [2.45, 2.75) is 31.4 Å². The number of hydrogen-bond acceptors (Lipinski definition) is 5. The number of hydrogen-bond donors (Lipinski definition) is 1. The van der Waals surface area contributed by atoms with Crippen molar-refractivity contribution in [2.24, 2.45) is 0 Å². The molecule has 1 fully saturated rings. The van der Waals surface area contributed by atoms with Crippen LogP contribution in [0.1, 0.15) is 36.0 Å². The van der Waals surface area contributed by atoms with E-state index in [1.807, 2.05) is 0 Å². The lowest BCUT2D eigenvalue weighted by Gasteiger charge is -2.07. The molecule has 8 heteroatoms. The highest BCUT2D eigenvalue weighted by Crippen LogP contribution is 2.38. The van der Waals surface area contributed by atoms with Crippen molar-refractivity contribution in [3.63, 3.8) is 0 Å². The molecule has 0 atom stereocenters. The molecule has 1 aliphatic rings. The van der Waals surface area contributed by atoms with Crippen molar-refractivity contribution >= 4 is 5.82 Å². The van der Waals surface area contributed by atoms with E-state index >= 15 is 0 Å². The minimum Gasteiger partial charge on any atom is -0.370 e. The molecule has 5 nitrogen and oxygen atoms in total. The van der Waals surface area contributed by atoms with Crippen LogP contribution in [0.3, 0.4) is 0 Å². The second-order valence-electron chi connectivity index (χ2n) is 4.93. The van der Waals surface area contributed by atoms with Crippen LogP contribution in [0, 0.1) is 0 Å². The summed E-state index contributed by atoms with van der Waals surface area (Å²) in [7, 11) is 0. The molecule has 1 saturated carbocycles. The molecule has 1 aliphatic carbocycles. The van der Waals surface area contributed by atoms with E-state index in [4.69, 9.17) is 4.52 Å². The summed E-state index contributed by atoms with van der Waals surface area (Å²) >= 11 is 0. The smallest absolute Gasteiger partial charge is 0.370 e. The summed E-state index contributed by atoms with van der Waals surface area (Å²) in [5.41, 5.74) is -0.764. The van der Waals surface area contributed by atoms with E-state index in [-0.39, 0.29) is 0 Å². The van der Waals surface area contributed by atoms with Gasteiger partial charge in [0.2, 0.25) is 5.89 Å². The molecule has 0 saturated heterocycles. The number of pyridine rings is 1. The number of aromatic nitrogens is 3. The van der Waals surface area contributed by atoms with Gasteiger partial charge in [0.15, 0.2) is 5.82 Å². The van der Waals surface area contributed by atoms with Crippen molar-refractivity contribution in [3.8, 4) is 0 Å². The molecule has 2 aromatic rings. The van der Waals surface area contributed by atoms with Crippen LogP contribution < -0.4 is 5.32 Å².